The second-order valence-electron chi connectivity index (χ2n) is 7.69. The summed E-state index contributed by atoms with van der Waals surface area (Å²) in [6, 6.07) is 7.71. The number of rotatable bonds is 7. The van der Waals surface area contributed by atoms with Crippen molar-refractivity contribution in [3.8, 4) is 5.75 Å². The van der Waals surface area contributed by atoms with Crippen LogP contribution in [0.3, 0.4) is 0 Å². The summed E-state index contributed by atoms with van der Waals surface area (Å²) in [5.41, 5.74) is 3.51. The summed E-state index contributed by atoms with van der Waals surface area (Å²) >= 11 is 0. The highest BCUT2D eigenvalue weighted by atomic mass is 16.7. The number of H-pyrrole nitrogens is 1. The first-order valence-corrected chi connectivity index (χ1v) is 10.4. The summed E-state index contributed by atoms with van der Waals surface area (Å²) in [5, 5.41) is 0. The van der Waals surface area contributed by atoms with Crippen molar-refractivity contribution in [2.24, 2.45) is 5.92 Å². The van der Waals surface area contributed by atoms with Crippen LogP contribution in [0, 0.1) is 12.8 Å². The van der Waals surface area contributed by atoms with Gasteiger partial charge in [-0.2, -0.15) is 0 Å². The van der Waals surface area contributed by atoms with E-state index >= 15 is 0 Å². The van der Waals surface area contributed by atoms with Crippen LogP contribution < -0.4 is 4.74 Å². The van der Waals surface area contributed by atoms with Gasteiger partial charge in [0.25, 0.3) is 6.29 Å². The molecule has 8 nitrogen and oxygen atoms in total. The third-order valence-electron chi connectivity index (χ3n) is 5.33. The Morgan fingerprint density at radius 3 is 2.97 bits per heavy atom. The fourth-order valence-corrected chi connectivity index (χ4v) is 3.56. The molecule has 31 heavy (non-hydrogen) atoms. The monoisotopic (exact) mass is 421 g/mol. The Balaban J connectivity index is 1.38. The number of carbonyl (C=O) groups is 1. The SMILES string of the molecule is CCOC(=O)c1c(C)[nH]c2c(C3=COC(c4cccc(OCC5CC5)c4)O3)ncnc12. The van der Waals surface area contributed by atoms with Gasteiger partial charge < -0.3 is 23.9 Å². The zero-order valence-corrected chi connectivity index (χ0v) is 17.4. The summed E-state index contributed by atoms with van der Waals surface area (Å²) in [4.78, 5) is 24.2. The number of nitrogens with zero attached hydrogens (tertiary/aromatic N) is 2. The van der Waals surface area contributed by atoms with Crippen molar-refractivity contribution in [3.63, 3.8) is 0 Å². The van der Waals surface area contributed by atoms with E-state index in [1.54, 1.807) is 13.8 Å². The molecule has 1 aliphatic heterocycles. The van der Waals surface area contributed by atoms with E-state index < -0.39 is 12.3 Å². The molecule has 0 saturated heterocycles. The maximum absolute atomic E-state index is 12.4. The predicted molar refractivity (Wildman–Crippen MR) is 112 cm³/mol. The summed E-state index contributed by atoms with van der Waals surface area (Å²) in [5.74, 6) is 1.51. The molecule has 0 radical (unpaired) electrons. The van der Waals surface area contributed by atoms with Crippen molar-refractivity contribution in [1.29, 1.82) is 0 Å². The molecule has 160 valence electrons. The van der Waals surface area contributed by atoms with Gasteiger partial charge in [0, 0.05) is 11.3 Å². The number of aryl methyl sites for hydroxylation is 1. The summed E-state index contributed by atoms with van der Waals surface area (Å²) in [7, 11) is 0. The first-order chi connectivity index (χ1) is 15.1. The normalized spacial score (nSPS) is 17.7. The van der Waals surface area contributed by atoms with Gasteiger partial charge in [-0.05, 0) is 44.7 Å². The molecule has 3 aromatic rings. The number of aromatic nitrogens is 3. The second kappa shape index (κ2) is 7.94. The molecule has 0 amide bonds. The van der Waals surface area contributed by atoms with Crippen molar-refractivity contribution in [3.05, 3.63) is 59.4 Å². The van der Waals surface area contributed by atoms with E-state index in [9.17, 15) is 4.79 Å². The Labute approximate surface area is 179 Å². The van der Waals surface area contributed by atoms with Crippen LogP contribution in [0.15, 0.2) is 36.9 Å². The number of benzene rings is 1. The number of fused-ring (bicyclic) bond motifs is 1. The molecule has 8 heteroatoms. The van der Waals surface area contributed by atoms with E-state index in [4.69, 9.17) is 18.9 Å². The molecule has 5 rings (SSSR count). The van der Waals surface area contributed by atoms with Gasteiger partial charge >= 0.3 is 5.97 Å². The third kappa shape index (κ3) is 3.81. The fourth-order valence-electron chi connectivity index (χ4n) is 3.56. The molecule has 1 aliphatic carbocycles. The number of esters is 1. The van der Waals surface area contributed by atoms with Gasteiger partial charge in [-0.3, -0.25) is 0 Å². The maximum Gasteiger partial charge on any atom is 0.342 e. The lowest BCUT2D eigenvalue weighted by Gasteiger charge is -2.13. The van der Waals surface area contributed by atoms with E-state index in [1.165, 1.54) is 25.4 Å². The number of carbonyl (C=O) groups excluding carboxylic acids is 1. The minimum Gasteiger partial charge on any atom is -0.493 e. The van der Waals surface area contributed by atoms with Crippen LogP contribution >= 0.6 is 0 Å². The van der Waals surface area contributed by atoms with E-state index in [0.717, 1.165) is 17.9 Å². The van der Waals surface area contributed by atoms with Gasteiger partial charge in [0.2, 0.25) is 0 Å². The highest BCUT2D eigenvalue weighted by Crippen LogP contribution is 2.37. The molecule has 0 bridgehead atoms. The van der Waals surface area contributed by atoms with Gasteiger partial charge in [-0.1, -0.05) is 12.1 Å². The number of ether oxygens (including phenoxy) is 4. The van der Waals surface area contributed by atoms with Crippen LogP contribution in [0.2, 0.25) is 0 Å². The highest BCUT2D eigenvalue weighted by Gasteiger charge is 2.28. The van der Waals surface area contributed by atoms with E-state index in [0.29, 0.717) is 39.7 Å². The van der Waals surface area contributed by atoms with Crippen molar-refractivity contribution >= 4 is 22.8 Å². The first kappa shape index (κ1) is 19.4. The van der Waals surface area contributed by atoms with Crippen LogP contribution in [0.5, 0.6) is 5.75 Å². The molecule has 2 aliphatic rings. The summed E-state index contributed by atoms with van der Waals surface area (Å²) in [6.45, 7) is 4.60. The fraction of sp³-hybridized carbons (Fsp3) is 0.348. The molecule has 1 unspecified atom stereocenters. The molecule has 0 spiro atoms. The van der Waals surface area contributed by atoms with Crippen LogP contribution in [0.1, 0.15) is 53.4 Å². The molecular formula is C23H23N3O5. The van der Waals surface area contributed by atoms with Gasteiger partial charge in [0.1, 0.15) is 35.1 Å². The smallest absolute Gasteiger partial charge is 0.342 e. The van der Waals surface area contributed by atoms with Crippen LogP contribution in [0.25, 0.3) is 16.8 Å². The first-order valence-electron chi connectivity index (χ1n) is 10.4. The van der Waals surface area contributed by atoms with Crippen molar-refractivity contribution in [1.82, 2.24) is 15.0 Å². The predicted octanol–water partition coefficient (Wildman–Crippen LogP) is 4.28. The van der Waals surface area contributed by atoms with E-state index in [1.807, 2.05) is 24.3 Å². The third-order valence-corrected chi connectivity index (χ3v) is 5.33. The van der Waals surface area contributed by atoms with Crippen molar-refractivity contribution < 1.29 is 23.7 Å². The van der Waals surface area contributed by atoms with Gasteiger partial charge in [0.05, 0.1) is 18.7 Å². The molecule has 1 N–H and O–H groups in total. The van der Waals surface area contributed by atoms with Crippen molar-refractivity contribution in [2.75, 3.05) is 13.2 Å². The lowest BCUT2D eigenvalue weighted by atomic mass is 10.2. The zero-order chi connectivity index (χ0) is 21.4. The molecule has 1 aromatic carbocycles. The lowest BCUT2D eigenvalue weighted by Crippen LogP contribution is -2.06. The number of aromatic amines is 1. The van der Waals surface area contributed by atoms with Crippen LogP contribution in [-0.4, -0.2) is 34.1 Å². The molecule has 2 aromatic heterocycles. The van der Waals surface area contributed by atoms with Gasteiger partial charge in [-0.25, -0.2) is 14.8 Å². The van der Waals surface area contributed by atoms with E-state index in [2.05, 4.69) is 15.0 Å². The number of hydrogen-bond donors (Lipinski definition) is 1. The zero-order valence-electron chi connectivity index (χ0n) is 17.4. The minimum absolute atomic E-state index is 0.288. The Hall–Kier alpha value is -3.55. The standard InChI is InChI=1S/C23H23N3O5/c1-3-28-22(27)18-13(2)26-21-19(24-12-25-20(18)21)17-11-30-23(31-17)15-5-4-6-16(9-15)29-10-14-7-8-14/h4-6,9,11-12,14,23,26H,3,7-8,10H2,1-2H3. The second-order valence-corrected chi connectivity index (χ2v) is 7.69. The molecule has 1 fully saturated rings. The Kier molecular flexibility index (Phi) is 4.97. The topological polar surface area (TPSA) is 95.6 Å². The average molecular weight is 421 g/mol. The van der Waals surface area contributed by atoms with Gasteiger partial charge in [0.15, 0.2) is 5.76 Å². The number of hydrogen-bond acceptors (Lipinski definition) is 7. The molecular weight excluding hydrogens is 398 g/mol. The summed E-state index contributed by atoms with van der Waals surface area (Å²) in [6.07, 6.45) is 4.81. The Bertz CT molecular complexity index is 1170. The molecule has 1 atom stereocenters. The van der Waals surface area contributed by atoms with Crippen molar-refractivity contribution in [2.45, 2.75) is 33.0 Å². The lowest BCUT2D eigenvalue weighted by molar-refractivity contribution is -0.0173. The van der Waals surface area contributed by atoms with Gasteiger partial charge in [-0.15, -0.1) is 0 Å². The van der Waals surface area contributed by atoms with Crippen LogP contribution in [0.4, 0.5) is 0 Å². The number of nitrogens with one attached hydrogen (secondary N) is 1. The maximum atomic E-state index is 12.4. The van der Waals surface area contributed by atoms with Crippen LogP contribution in [-0.2, 0) is 14.2 Å². The Morgan fingerprint density at radius 2 is 2.16 bits per heavy atom. The Morgan fingerprint density at radius 1 is 1.29 bits per heavy atom. The average Bonchev–Trinajstić information content (AvgIpc) is 3.35. The summed E-state index contributed by atoms with van der Waals surface area (Å²) < 4.78 is 22.8. The quantitative estimate of drug-likeness (QED) is 0.569. The largest absolute Gasteiger partial charge is 0.493 e. The molecule has 1 saturated carbocycles. The minimum atomic E-state index is -0.606. The molecule has 3 heterocycles. The van der Waals surface area contributed by atoms with E-state index in [-0.39, 0.29) is 6.61 Å². The highest BCUT2D eigenvalue weighted by molar-refractivity contribution is 6.05.